The summed E-state index contributed by atoms with van der Waals surface area (Å²) in [5.74, 6) is 1.60. The largest absolute Gasteiger partial charge is 0.294 e. The van der Waals surface area contributed by atoms with Crippen molar-refractivity contribution in [3.05, 3.63) is 40.4 Å². The van der Waals surface area contributed by atoms with Crippen LogP contribution in [0.2, 0.25) is 5.02 Å². The molecule has 3 saturated carbocycles. The molecule has 0 N–H and O–H groups in total. The number of benzene rings is 1. The summed E-state index contributed by atoms with van der Waals surface area (Å²) in [4.78, 5) is 12.6. The molecule has 0 radical (unpaired) electrons. The second-order valence-electron chi connectivity index (χ2n) is 6.52. The summed E-state index contributed by atoms with van der Waals surface area (Å²) < 4.78 is 0. The molecule has 1 nitrogen and oxygen atoms in total. The number of carbonyl (C=O) groups is 1. The fourth-order valence-corrected chi connectivity index (χ4v) is 3.96. The zero-order valence-corrected chi connectivity index (χ0v) is 12.4. The van der Waals surface area contributed by atoms with E-state index in [1.807, 2.05) is 24.3 Å². The zero-order valence-electron chi connectivity index (χ0n) is 11.6. The second-order valence-corrected chi connectivity index (χ2v) is 6.96. The maximum Gasteiger partial charge on any atom is 0.162 e. The van der Waals surface area contributed by atoms with Crippen LogP contribution in [0.4, 0.5) is 0 Å². The van der Waals surface area contributed by atoms with Crippen LogP contribution in [0.15, 0.2) is 29.8 Å². The molecule has 4 rings (SSSR count). The van der Waals surface area contributed by atoms with E-state index in [2.05, 4.69) is 26.8 Å². The minimum atomic E-state index is 0.188. The maximum atomic E-state index is 12.6. The van der Waals surface area contributed by atoms with Gasteiger partial charge in [-0.05, 0) is 53.0 Å². The number of allylic oxidation sites excluding steroid dienone is 1. The Labute approximate surface area is 119 Å². The molecular weight excluding hydrogens is 256 g/mol. The molecule has 3 fully saturated rings. The highest BCUT2D eigenvalue weighted by Gasteiger charge is 2.58. The highest BCUT2D eigenvalue weighted by Crippen LogP contribution is 2.61. The highest BCUT2D eigenvalue weighted by molar-refractivity contribution is 6.30. The van der Waals surface area contributed by atoms with Crippen molar-refractivity contribution in [2.75, 3.05) is 0 Å². The monoisotopic (exact) mass is 274 g/mol. The van der Waals surface area contributed by atoms with E-state index in [0.29, 0.717) is 17.6 Å². The van der Waals surface area contributed by atoms with Gasteiger partial charge in [0.25, 0.3) is 0 Å². The molecule has 3 aliphatic rings. The number of ketones is 1. The Morgan fingerprint density at radius 2 is 1.89 bits per heavy atom. The fourth-order valence-electron chi connectivity index (χ4n) is 3.84. The average molecular weight is 275 g/mol. The number of carbonyl (C=O) groups excluding carboxylic acids is 1. The van der Waals surface area contributed by atoms with Crippen molar-refractivity contribution in [2.45, 2.75) is 27.2 Å². The normalized spacial score (nSPS) is 34.2. The first kappa shape index (κ1) is 12.9. The molecule has 3 aliphatic carbocycles. The van der Waals surface area contributed by atoms with Crippen LogP contribution in [0.3, 0.4) is 0 Å². The van der Waals surface area contributed by atoms with Gasteiger partial charge in [0.15, 0.2) is 5.78 Å². The molecule has 100 valence electrons. The smallest absolute Gasteiger partial charge is 0.162 e. The minimum Gasteiger partial charge on any atom is -0.294 e. The first-order chi connectivity index (χ1) is 8.91. The summed E-state index contributed by atoms with van der Waals surface area (Å²) in [6, 6.07) is 7.69. The Kier molecular flexibility index (Phi) is 2.86. The number of hydrogen-bond donors (Lipinski definition) is 0. The van der Waals surface area contributed by atoms with Crippen molar-refractivity contribution in [1.82, 2.24) is 0 Å². The molecule has 3 atom stereocenters. The number of rotatable bonds is 1. The summed E-state index contributed by atoms with van der Waals surface area (Å²) in [6.45, 7) is 6.67. The second kappa shape index (κ2) is 4.21. The molecule has 0 saturated heterocycles. The van der Waals surface area contributed by atoms with Crippen LogP contribution in [0.25, 0.3) is 6.08 Å². The van der Waals surface area contributed by atoms with Gasteiger partial charge in [-0.1, -0.05) is 44.5 Å². The van der Waals surface area contributed by atoms with Gasteiger partial charge >= 0.3 is 0 Å². The van der Waals surface area contributed by atoms with Gasteiger partial charge in [0.2, 0.25) is 0 Å². The van der Waals surface area contributed by atoms with E-state index >= 15 is 0 Å². The third kappa shape index (κ3) is 1.87. The standard InChI is InChI=1S/C17H19ClO/c1-10-13(8-11-4-6-12(18)7-5-11)16(19)15-9-14(10)17(15,2)3/h4-8,10,14-15H,9H2,1-3H3/b13-8+/t10-,14+,15+/m0/s1. The number of hydrogen-bond acceptors (Lipinski definition) is 1. The van der Waals surface area contributed by atoms with Crippen LogP contribution < -0.4 is 0 Å². The topological polar surface area (TPSA) is 17.1 Å². The van der Waals surface area contributed by atoms with E-state index in [4.69, 9.17) is 11.6 Å². The number of halogens is 1. The molecule has 1 aromatic carbocycles. The molecule has 0 spiro atoms. The van der Waals surface area contributed by atoms with Crippen LogP contribution in [-0.2, 0) is 4.79 Å². The summed E-state index contributed by atoms with van der Waals surface area (Å²) in [7, 11) is 0. The van der Waals surface area contributed by atoms with Crippen LogP contribution >= 0.6 is 11.6 Å². The van der Waals surface area contributed by atoms with Crippen molar-refractivity contribution in [3.8, 4) is 0 Å². The van der Waals surface area contributed by atoms with Crippen LogP contribution in [0, 0.1) is 23.2 Å². The van der Waals surface area contributed by atoms with Crippen LogP contribution in [0.5, 0.6) is 0 Å². The van der Waals surface area contributed by atoms with Crippen molar-refractivity contribution in [1.29, 1.82) is 0 Å². The lowest BCUT2D eigenvalue weighted by molar-refractivity contribution is -0.146. The minimum absolute atomic E-state index is 0.188. The molecule has 0 aliphatic heterocycles. The molecule has 0 unspecified atom stereocenters. The first-order valence-electron chi connectivity index (χ1n) is 6.92. The van der Waals surface area contributed by atoms with Gasteiger partial charge in [0.1, 0.15) is 0 Å². The molecule has 19 heavy (non-hydrogen) atoms. The number of fused-ring (bicyclic) bond motifs is 2. The predicted molar refractivity (Wildman–Crippen MR) is 79.0 cm³/mol. The summed E-state index contributed by atoms with van der Waals surface area (Å²) in [5, 5.41) is 0.731. The van der Waals surface area contributed by atoms with Gasteiger partial charge in [-0.2, -0.15) is 0 Å². The predicted octanol–water partition coefficient (Wildman–Crippen LogP) is 4.60. The molecule has 0 heterocycles. The quantitative estimate of drug-likeness (QED) is 0.684. The fraction of sp³-hybridized carbons (Fsp3) is 0.471. The number of Topliss-reactive ketones (excluding diaryl/α,β-unsaturated/α-hetero) is 1. The van der Waals surface area contributed by atoms with E-state index in [-0.39, 0.29) is 11.3 Å². The van der Waals surface area contributed by atoms with Gasteiger partial charge in [-0.3, -0.25) is 4.79 Å². The van der Waals surface area contributed by atoms with Crippen molar-refractivity contribution >= 4 is 23.5 Å². The lowest BCUT2D eigenvalue weighted by atomic mass is 9.44. The molecule has 2 heteroatoms. The zero-order chi connectivity index (χ0) is 13.8. The van der Waals surface area contributed by atoms with Gasteiger partial charge < -0.3 is 0 Å². The Morgan fingerprint density at radius 1 is 1.26 bits per heavy atom. The highest BCUT2D eigenvalue weighted by atomic mass is 35.5. The molecule has 0 amide bonds. The molecular formula is C17H19ClO. The molecule has 1 aromatic rings. The summed E-state index contributed by atoms with van der Waals surface area (Å²) in [6.07, 6.45) is 3.13. The SMILES string of the molecule is C[C@H]1/C(=C\c2ccc(Cl)cc2)C(=O)[C@H]2C[C@H]1C2(C)C. The van der Waals surface area contributed by atoms with Gasteiger partial charge in [0, 0.05) is 10.9 Å². The van der Waals surface area contributed by atoms with E-state index in [9.17, 15) is 4.79 Å². The van der Waals surface area contributed by atoms with Gasteiger partial charge in [-0.25, -0.2) is 0 Å². The van der Waals surface area contributed by atoms with Crippen LogP contribution in [-0.4, -0.2) is 5.78 Å². The van der Waals surface area contributed by atoms with E-state index in [1.165, 1.54) is 0 Å². The Hall–Kier alpha value is -1.08. The van der Waals surface area contributed by atoms with Crippen molar-refractivity contribution in [2.24, 2.45) is 23.2 Å². The molecule has 0 aromatic heterocycles. The third-order valence-corrected chi connectivity index (χ3v) is 5.48. The first-order valence-corrected chi connectivity index (χ1v) is 7.30. The Morgan fingerprint density at radius 3 is 2.42 bits per heavy atom. The van der Waals surface area contributed by atoms with E-state index in [0.717, 1.165) is 22.6 Å². The Balaban J connectivity index is 1.94. The maximum absolute atomic E-state index is 12.6. The third-order valence-electron chi connectivity index (χ3n) is 5.23. The van der Waals surface area contributed by atoms with Gasteiger partial charge in [0.05, 0.1) is 0 Å². The van der Waals surface area contributed by atoms with Crippen molar-refractivity contribution in [3.63, 3.8) is 0 Å². The summed E-state index contributed by atoms with van der Waals surface area (Å²) >= 11 is 5.89. The Bertz CT molecular complexity index is 553. The average Bonchev–Trinajstić information content (AvgIpc) is 2.35. The summed E-state index contributed by atoms with van der Waals surface area (Å²) in [5.41, 5.74) is 2.26. The lowest BCUT2D eigenvalue weighted by Gasteiger charge is -2.59. The lowest BCUT2D eigenvalue weighted by Crippen LogP contribution is -2.57. The van der Waals surface area contributed by atoms with E-state index < -0.39 is 0 Å². The van der Waals surface area contributed by atoms with Crippen LogP contribution in [0.1, 0.15) is 32.8 Å². The molecule has 2 bridgehead atoms. The van der Waals surface area contributed by atoms with E-state index in [1.54, 1.807) is 0 Å². The van der Waals surface area contributed by atoms with Gasteiger partial charge in [-0.15, -0.1) is 0 Å². The van der Waals surface area contributed by atoms with Crippen molar-refractivity contribution < 1.29 is 4.79 Å².